The van der Waals surface area contributed by atoms with Crippen molar-refractivity contribution in [3.05, 3.63) is 22.8 Å². The maximum absolute atomic E-state index is 12.5. The Labute approximate surface area is 124 Å². The first-order valence-electron chi connectivity index (χ1n) is 6.82. The molecule has 1 aliphatic rings. The largest absolute Gasteiger partial charge is 0.373 e. The van der Waals surface area contributed by atoms with Gasteiger partial charge in [0.05, 0.1) is 0 Å². The number of nitrogens with one attached hydrogen (secondary N) is 1. The molecule has 0 saturated carbocycles. The van der Waals surface area contributed by atoms with Gasteiger partial charge in [-0.25, -0.2) is 4.98 Å². The Balaban J connectivity index is 2.12. The van der Waals surface area contributed by atoms with Gasteiger partial charge < -0.3 is 15.1 Å². The first kappa shape index (κ1) is 15.1. The molecule has 1 amide bonds. The van der Waals surface area contributed by atoms with E-state index in [-0.39, 0.29) is 5.91 Å². The predicted molar refractivity (Wildman–Crippen MR) is 81.4 cm³/mol. The van der Waals surface area contributed by atoms with E-state index < -0.39 is 0 Å². The third-order valence-electron chi connectivity index (χ3n) is 3.85. The Morgan fingerprint density at radius 1 is 1.45 bits per heavy atom. The van der Waals surface area contributed by atoms with E-state index in [0.29, 0.717) is 22.6 Å². The lowest BCUT2D eigenvalue weighted by Crippen LogP contribution is -2.44. The van der Waals surface area contributed by atoms with Crippen LogP contribution < -0.4 is 5.32 Å². The van der Waals surface area contributed by atoms with Crippen LogP contribution in [-0.2, 0) is 0 Å². The number of halogens is 1. The minimum absolute atomic E-state index is 0.000327. The summed E-state index contributed by atoms with van der Waals surface area (Å²) in [5.74, 6) is 0.609. The zero-order valence-corrected chi connectivity index (χ0v) is 12.9. The number of rotatable bonds is 3. The number of hydrogen-bond acceptors (Lipinski definition) is 4. The van der Waals surface area contributed by atoms with E-state index in [9.17, 15) is 4.79 Å². The highest BCUT2D eigenvalue weighted by atomic mass is 35.5. The number of anilines is 1. The number of pyridine rings is 1. The molecule has 5 nitrogen and oxygen atoms in total. The van der Waals surface area contributed by atoms with E-state index >= 15 is 0 Å². The molecule has 6 heteroatoms. The maximum Gasteiger partial charge on any atom is 0.254 e. The van der Waals surface area contributed by atoms with Crippen LogP contribution in [0.5, 0.6) is 0 Å². The minimum atomic E-state index is 0.000327. The normalized spacial score (nSPS) is 17.0. The van der Waals surface area contributed by atoms with Gasteiger partial charge in [0.15, 0.2) is 0 Å². The summed E-state index contributed by atoms with van der Waals surface area (Å²) >= 11 is 5.95. The Kier molecular flexibility index (Phi) is 4.83. The molecule has 2 rings (SSSR count). The zero-order valence-electron chi connectivity index (χ0n) is 12.2. The van der Waals surface area contributed by atoms with Gasteiger partial charge in [-0.2, -0.15) is 0 Å². The predicted octanol–water partition coefficient (Wildman–Crippen LogP) is 1.94. The molecule has 1 aromatic heterocycles. The van der Waals surface area contributed by atoms with Gasteiger partial charge in [0.1, 0.15) is 11.0 Å². The van der Waals surface area contributed by atoms with E-state index in [1.807, 2.05) is 11.9 Å². The molecular formula is C14H21ClN4O. The van der Waals surface area contributed by atoms with Crippen LogP contribution in [0.2, 0.25) is 5.15 Å². The van der Waals surface area contributed by atoms with Crippen LogP contribution in [0.25, 0.3) is 0 Å². The first-order chi connectivity index (χ1) is 9.51. The van der Waals surface area contributed by atoms with Crippen molar-refractivity contribution >= 4 is 23.3 Å². The van der Waals surface area contributed by atoms with Crippen LogP contribution in [0.15, 0.2) is 12.1 Å². The third kappa shape index (κ3) is 3.41. The van der Waals surface area contributed by atoms with E-state index in [0.717, 1.165) is 25.9 Å². The smallest absolute Gasteiger partial charge is 0.254 e. The summed E-state index contributed by atoms with van der Waals surface area (Å²) in [6.07, 6.45) is 2.02. The van der Waals surface area contributed by atoms with Gasteiger partial charge >= 0.3 is 0 Å². The highest BCUT2D eigenvalue weighted by Crippen LogP contribution is 2.19. The molecule has 0 spiro atoms. The maximum atomic E-state index is 12.5. The van der Waals surface area contributed by atoms with Gasteiger partial charge in [0.25, 0.3) is 5.91 Å². The number of amides is 1. The first-order valence-corrected chi connectivity index (χ1v) is 7.20. The number of aromatic nitrogens is 1. The average Bonchev–Trinajstić information content (AvgIpc) is 2.45. The van der Waals surface area contributed by atoms with Gasteiger partial charge in [0, 0.05) is 25.7 Å². The molecule has 0 aliphatic carbocycles. The number of likely N-dealkylation sites (tertiary alicyclic amines) is 1. The molecule has 0 unspecified atom stereocenters. The molecule has 2 heterocycles. The molecule has 0 atom stereocenters. The quantitative estimate of drug-likeness (QED) is 0.866. The van der Waals surface area contributed by atoms with E-state index in [1.165, 1.54) is 0 Å². The molecule has 1 aromatic rings. The lowest BCUT2D eigenvalue weighted by Gasteiger charge is -2.35. The Hall–Kier alpha value is -1.33. The van der Waals surface area contributed by atoms with Crippen molar-refractivity contribution < 1.29 is 4.79 Å². The molecule has 1 aliphatic heterocycles. The van der Waals surface area contributed by atoms with Crippen molar-refractivity contribution in [2.24, 2.45) is 0 Å². The summed E-state index contributed by atoms with van der Waals surface area (Å²) in [6, 6.07) is 3.65. The lowest BCUT2D eigenvalue weighted by molar-refractivity contribution is 0.0659. The van der Waals surface area contributed by atoms with Crippen LogP contribution in [-0.4, -0.2) is 61.0 Å². The third-order valence-corrected chi connectivity index (χ3v) is 4.05. The van der Waals surface area contributed by atoms with Crippen molar-refractivity contribution in [3.63, 3.8) is 0 Å². The van der Waals surface area contributed by atoms with Crippen LogP contribution in [0.1, 0.15) is 23.2 Å². The highest BCUT2D eigenvalue weighted by molar-refractivity contribution is 6.29. The molecule has 1 saturated heterocycles. The average molecular weight is 297 g/mol. The summed E-state index contributed by atoms with van der Waals surface area (Å²) in [6.45, 7) is 2.06. The van der Waals surface area contributed by atoms with Crippen LogP contribution in [0.3, 0.4) is 0 Å². The summed E-state index contributed by atoms with van der Waals surface area (Å²) in [5, 5.41) is 3.24. The molecule has 20 heavy (non-hydrogen) atoms. The molecule has 0 aromatic carbocycles. The van der Waals surface area contributed by atoms with Crippen molar-refractivity contribution in [2.75, 3.05) is 39.5 Å². The second-order valence-electron chi connectivity index (χ2n) is 5.26. The number of nitrogens with zero attached hydrogens (tertiary/aromatic N) is 3. The Morgan fingerprint density at radius 2 is 2.10 bits per heavy atom. The molecule has 110 valence electrons. The molecule has 0 bridgehead atoms. The SMILES string of the molecule is CNc1cc(C(=O)N(C)C2CCN(C)CC2)cc(Cl)n1. The second-order valence-corrected chi connectivity index (χ2v) is 5.65. The number of carbonyl (C=O) groups excluding carboxylic acids is 1. The summed E-state index contributed by atoms with van der Waals surface area (Å²) in [4.78, 5) is 20.8. The van der Waals surface area contributed by atoms with Crippen molar-refractivity contribution in [3.8, 4) is 0 Å². The standard InChI is InChI=1S/C14H21ClN4O/c1-16-13-9-10(8-12(15)17-13)14(20)19(3)11-4-6-18(2)7-5-11/h8-9,11H,4-7H2,1-3H3,(H,16,17). The summed E-state index contributed by atoms with van der Waals surface area (Å²) in [5.41, 5.74) is 0.579. The molecule has 1 fully saturated rings. The van der Waals surface area contributed by atoms with Gasteiger partial charge in [-0.1, -0.05) is 11.6 Å². The summed E-state index contributed by atoms with van der Waals surface area (Å²) < 4.78 is 0. The lowest BCUT2D eigenvalue weighted by atomic mass is 10.0. The number of piperidine rings is 1. The second kappa shape index (κ2) is 6.41. The fourth-order valence-electron chi connectivity index (χ4n) is 2.50. The van der Waals surface area contributed by atoms with Crippen molar-refractivity contribution in [2.45, 2.75) is 18.9 Å². The summed E-state index contributed by atoms with van der Waals surface area (Å²) in [7, 11) is 5.74. The monoisotopic (exact) mass is 296 g/mol. The van der Waals surface area contributed by atoms with E-state index in [2.05, 4.69) is 22.2 Å². The number of carbonyl (C=O) groups is 1. The van der Waals surface area contributed by atoms with Crippen LogP contribution in [0, 0.1) is 0 Å². The van der Waals surface area contributed by atoms with Gasteiger partial charge in [-0.15, -0.1) is 0 Å². The minimum Gasteiger partial charge on any atom is -0.373 e. The molecule has 0 radical (unpaired) electrons. The van der Waals surface area contributed by atoms with Crippen LogP contribution >= 0.6 is 11.6 Å². The topological polar surface area (TPSA) is 48.5 Å². The van der Waals surface area contributed by atoms with Crippen molar-refractivity contribution in [1.82, 2.24) is 14.8 Å². The van der Waals surface area contributed by atoms with Gasteiger partial charge in [-0.05, 0) is 45.1 Å². The fourth-order valence-corrected chi connectivity index (χ4v) is 2.71. The number of hydrogen-bond donors (Lipinski definition) is 1. The van der Waals surface area contributed by atoms with E-state index in [4.69, 9.17) is 11.6 Å². The Bertz CT molecular complexity index is 486. The molecule has 1 N–H and O–H groups in total. The fraction of sp³-hybridized carbons (Fsp3) is 0.571. The molecular weight excluding hydrogens is 276 g/mol. The highest BCUT2D eigenvalue weighted by Gasteiger charge is 2.25. The zero-order chi connectivity index (χ0) is 14.7. The van der Waals surface area contributed by atoms with Gasteiger partial charge in [-0.3, -0.25) is 4.79 Å². The van der Waals surface area contributed by atoms with Crippen molar-refractivity contribution in [1.29, 1.82) is 0 Å². The van der Waals surface area contributed by atoms with Crippen LogP contribution in [0.4, 0.5) is 5.82 Å². The Morgan fingerprint density at radius 3 is 2.70 bits per heavy atom. The van der Waals surface area contributed by atoms with E-state index in [1.54, 1.807) is 19.2 Å². The van der Waals surface area contributed by atoms with Gasteiger partial charge in [0.2, 0.25) is 0 Å².